The Balaban J connectivity index is 2.70. The summed E-state index contributed by atoms with van der Waals surface area (Å²) in [5.41, 5.74) is 1.49. The highest BCUT2D eigenvalue weighted by molar-refractivity contribution is 5.08. The van der Waals surface area contributed by atoms with Crippen LogP contribution < -0.4 is 0 Å². The van der Waals surface area contributed by atoms with Gasteiger partial charge < -0.3 is 14.8 Å². The zero-order chi connectivity index (χ0) is 7.40. The third-order valence-corrected chi connectivity index (χ3v) is 1.25. The molecule has 0 aliphatic rings. The van der Waals surface area contributed by atoms with Gasteiger partial charge in [-0.2, -0.15) is 0 Å². The van der Waals surface area contributed by atoms with E-state index < -0.39 is 0 Å². The predicted molar refractivity (Wildman–Crippen MR) is 35.2 cm³/mol. The third kappa shape index (κ3) is 1.34. The van der Waals surface area contributed by atoms with Gasteiger partial charge in [-0.15, -0.1) is 0 Å². The summed E-state index contributed by atoms with van der Waals surface area (Å²) in [6.45, 7) is 0.429. The minimum absolute atomic E-state index is 0.0395. The Labute approximate surface area is 58.9 Å². The van der Waals surface area contributed by atoms with Crippen LogP contribution in [0.1, 0.15) is 11.4 Å². The Bertz CT molecular complexity index is 197. The van der Waals surface area contributed by atoms with Crippen molar-refractivity contribution in [2.24, 2.45) is 0 Å². The molecule has 1 aromatic heterocycles. The van der Waals surface area contributed by atoms with Gasteiger partial charge in [0.25, 0.3) is 0 Å². The van der Waals surface area contributed by atoms with Crippen LogP contribution >= 0.6 is 0 Å². The van der Waals surface area contributed by atoms with Gasteiger partial charge in [-0.25, -0.2) is 4.98 Å². The SMILES string of the molecule is COCc1[nH]cnc1CO. The lowest BCUT2D eigenvalue weighted by atomic mass is 10.3. The summed E-state index contributed by atoms with van der Waals surface area (Å²) in [4.78, 5) is 6.73. The highest BCUT2D eigenvalue weighted by atomic mass is 16.5. The number of imidazole rings is 1. The molecule has 0 spiro atoms. The molecule has 0 unspecified atom stereocenters. The molecule has 0 aliphatic carbocycles. The molecule has 0 aromatic carbocycles. The number of nitrogens with one attached hydrogen (secondary N) is 1. The Morgan fingerprint density at radius 1 is 1.80 bits per heavy atom. The van der Waals surface area contributed by atoms with Crippen molar-refractivity contribution in [3.63, 3.8) is 0 Å². The molecule has 0 atom stereocenters. The van der Waals surface area contributed by atoms with E-state index in [1.54, 1.807) is 13.4 Å². The Morgan fingerprint density at radius 3 is 3.20 bits per heavy atom. The maximum atomic E-state index is 8.70. The molecule has 0 bridgehead atoms. The average molecular weight is 142 g/mol. The zero-order valence-corrected chi connectivity index (χ0v) is 5.79. The van der Waals surface area contributed by atoms with Crippen molar-refractivity contribution in [2.75, 3.05) is 7.11 Å². The van der Waals surface area contributed by atoms with E-state index in [2.05, 4.69) is 9.97 Å². The van der Waals surface area contributed by atoms with Crippen molar-refractivity contribution in [1.29, 1.82) is 0 Å². The fraction of sp³-hybridized carbons (Fsp3) is 0.500. The second-order valence-electron chi connectivity index (χ2n) is 1.92. The summed E-state index contributed by atoms with van der Waals surface area (Å²) >= 11 is 0. The molecule has 1 heterocycles. The van der Waals surface area contributed by atoms with Crippen LogP contribution in [0.4, 0.5) is 0 Å². The van der Waals surface area contributed by atoms with E-state index in [0.717, 1.165) is 5.69 Å². The molecule has 0 aliphatic heterocycles. The fourth-order valence-corrected chi connectivity index (χ4v) is 0.755. The van der Waals surface area contributed by atoms with Crippen LogP contribution in [0.25, 0.3) is 0 Å². The van der Waals surface area contributed by atoms with Gasteiger partial charge >= 0.3 is 0 Å². The van der Waals surface area contributed by atoms with Gasteiger partial charge in [0.05, 0.1) is 30.9 Å². The number of methoxy groups -OCH3 is 1. The van der Waals surface area contributed by atoms with Crippen molar-refractivity contribution < 1.29 is 9.84 Å². The van der Waals surface area contributed by atoms with E-state index in [9.17, 15) is 0 Å². The number of aromatic amines is 1. The lowest BCUT2D eigenvalue weighted by molar-refractivity contribution is 0.178. The first-order valence-electron chi connectivity index (χ1n) is 2.99. The van der Waals surface area contributed by atoms with E-state index in [1.165, 1.54) is 0 Å². The highest BCUT2D eigenvalue weighted by Gasteiger charge is 2.01. The van der Waals surface area contributed by atoms with E-state index >= 15 is 0 Å². The molecule has 0 saturated carbocycles. The quantitative estimate of drug-likeness (QED) is 0.626. The van der Waals surface area contributed by atoms with E-state index in [4.69, 9.17) is 9.84 Å². The lowest BCUT2D eigenvalue weighted by Gasteiger charge is -1.96. The van der Waals surface area contributed by atoms with Crippen molar-refractivity contribution >= 4 is 0 Å². The topological polar surface area (TPSA) is 58.1 Å². The molecule has 1 rings (SSSR count). The van der Waals surface area contributed by atoms with Crippen molar-refractivity contribution in [3.05, 3.63) is 17.7 Å². The maximum Gasteiger partial charge on any atom is 0.0926 e. The second-order valence-corrected chi connectivity index (χ2v) is 1.92. The van der Waals surface area contributed by atoms with Crippen LogP contribution in [0.2, 0.25) is 0 Å². The van der Waals surface area contributed by atoms with Crippen LogP contribution in [-0.4, -0.2) is 22.2 Å². The minimum atomic E-state index is -0.0395. The van der Waals surface area contributed by atoms with Crippen LogP contribution in [0.15, 0.2) is 6.33 Å². The second kappa shape index (κ2) is 3.34. The summed E-state index contributed by atoms with van der Waals surface area (Å²) in [7, 11) is 1.60. The number of nitrogens with zero attached hydrogens (tertiary/aromatic N) is 1. The van der Waals surface area contributed by atoms with Gasteiger partial charge in [-0.1, -0.05) is 0 Å². The summed E-state index contributed by atoms with van der Waals surface area (Å²) in [5.74, 6) is 0. The molecule has 0 amide bonds. The fourth-order valence-electron chi connectivity index (χ4n) is 0.755. The number of aliphatic hydroxyl groups excluding tert-OH is 1. The Hall–Kier alpha value is -0.870. The summed E-state index contributed by atoms with van der Waals surface area (Å²) in [6, 6.07) is 0. The van der Waals surface area contributed by atoms with Gasteiger partial charge in [0.2, 0.25) is 0 Å². The molecule has 2 N–H and O–H groups in total. The Kier molecular flexibility index (Phi) is 2.42. The Morgan fingerprint density at radius 2 is 2.60 bits per heavy atom. The molecular weight excluding hydrogens is 132 g/mol. The van der Waals surface area contributed by atoms with Crippen molar-refractivity contribution in [2.45, 2.75) is 13.2 Å². The third-order valence-electron chi connectivity index (χ3n) is 1.25. The van der Waals surface area contributed by atoms with Crippen molar-refractivity contribution in [3.8, 4) is 0 Å². The standard InChI is InChI=1S/C6H10N2O2/c1-10-3-6-5(2-9)7-4-8-6/h4,9H,2-3H2,1H3,(H,7,8). The molecular formula is C6H10N2O2. The van der Waals surface area contributed by atoms with Gasteiger partial charge in [-0.3, -0.25) is 0 Å². The van der Waals surface area contributed by atoms with Crippen molar-refractivity contribution in [1.82, 2.24) is 9.97 Å². The number of rotatable bonds is 3. The zero-order valence-electron chi connectivity index (χ0n) is 5.79. The number of hydrogen-bond acceptors (Lipinski definition) is 3. The first-order chi connectivity index (χ1) is 4.88. The summed E-state index contributed by atoms with van der Waals surface area (Å²) in [5, 5.41) is 8.70. The average Bonchev–Trinajstić information content (AvgIpc) is 2.36. The molecule has 0 fully saturated rings. The number of aromatic nitrogens is 2. The van der Waals surface area contributed by atoms with Crippen LogP contribution in [0.3, 0.4) is 0 Å². The largest absolute Gasteiger partial charge is 0.390 e. The molecule has 10 heavy (non-hydrogen) atoms. The number of H-pyrrole nitrogens is 1. The monoisotopic (exact) mass is 142 g/mol. The molecule has 0 radical (unpaired) electrons. The predicted octanol–water partition coefficient (Wildman–Crippen LogP) is 0.0484. The summed E-state index contributed by atoms with van der Waals surface area (Å²) < 4.78 is 4.85. The van der Waals surface area contributed by atoms with E-state index in [1.807, 2.05) is 0 Å². The van der Waals surface area contributed by atoms with Crippen LogP contribution in [-0.2, 0) is 18.0 Å². The van der Waals surface area contributed by atoms with Crippen LogP contribution in [0, 0.1) is 0 Å². The van der Waals surface area contributed by atoms with Gasteiger partial charge in [0.15, 0.2) is 0 Å². The van der Waals surface area contributed by atoms with Gasteiger partial charge in [0.1, 0.15) is 0 Å². The van der Waals surface area contributed by atoms with Crippen LogP contribution in [0.5, 0.6) is 0 Å². The summed E-state index contributed by atoms with van der Waals surface area (Å²) in [6.07, 6.45) is 1.54. The van der Waals surface area contributed by atoms with E-state index in [-0.39, 0.29) is 6.61 Å². The molecule has 0 saturated heterocycles. The smallest absolute Gasteiger partial charge is 0.0926 e. The van der Waals surface area contributed by atoms with Gasteiger partial charge in [0, 0.05) is 7.11 Å². The highest BCUT2D eigenvalue weighted by Crippen LogP contribution is 2.02. The van der Waals surface area contributed by atoms with E-state index in [0.29, 0.717) is 12.3 Å². The number of ether oxygens (including phenoxy) is 1. The number of aliphatic hydroxyl groups is 1. The lowest BCUT2D eigenvalue weighted by Crippen LogP contribution is -1.94. The minimum Gasteiger partial charge on any atom is -0.390 e. The first-order valence-corrected chi connectivity index (χ1v) is 2.99. The molecule has 56 valence electrons. The normalized spacial score (nSPS) is 10.2. The first kappa shape index (κ1) is 7.24. The molecule has 1 aromatic rings. The number of hydrogen-bond donors (Lipinski definition) is 2. The maximum absolute atomic E-state index is 8.70. The van der Waals surface area contributed by atoms with Gasteiger partial charge in [-0.05, 0) is 0 Å². The molecule has 4 nitrogen and oxygen atoms in total. The molecule has 4 heteroatoms.